The lowest BCUT2D eigenvalue weighted by atomic mass is 10.1. The van der Waals surface area contributed by atoms with E-state index in [1.54, 1.807) is 15.9 Å². The minimum atomic E-state index is -3.08. The Balaban J connectivity index is 1.69. The molecule has 0 aliphatic carbocycles. The van der Waals surface area contributed by atoms with Crippen LogP contribution in [0.15, 0.2) is 18.3 Å². The smallest absolute Gasteiger partial charge is 0.387 e. The normalized spacial score (nSPS) is 23.5. The highest BCUT2D eigenvalue weighted by Gasteiger charge is 2.35. The summed E-state index contributed by atoms with van der Waals surface area (Å²) in [5.74, 6) is 0.329. The lowest BCUT2D eigenvalue weighted by molar-refractivity contribution is -0.0494. The van der Waals surface area contributed by atoms with E-state index in [-0.39, 0.29) is 36.6 Å². The highest BCUT2D eigenvalue weighted by Crippen LogP contribution is 2.33. The zero-order chi connectivity index (χ0) is 25.3. The Labute approximate surface area is 199 Å². The average Bonchev–Trinajstić information content (AvgIpc) is 3.15. The second-order valence-corrected chi connectivity index (χ2v) is 9.16. The Morgan fingerprint density at radius 1 is 1.14 bits per heavy atom. The molecule has 2 saturated heterocycles. The van der Waals surface area contributed by atoms with Crippen LogP contribution in [0, 0.1) is 0 Å². The van der Waals surface area contributed by atoms with Crippen molar-refractivity contribution in [3.63, 3.8) is 0 Å². The molecular formula is C22H28F5N7O. The van der Waals surface area contributed by atoms with E-state index in [1.165, 1.54) is 19.2 Å². The number of aromatic nitrogens is 3. The zero-order valence-electron chi connectivity index (χ0n) is 19.5. The van der Waals surface area contributed by atoms with Crippen molar-refractivity contribution in [1.82, 2.24) is 19.9 Å². The van der Waals surface area contributed by atoms with E-state index in [1.807, 2.05) is 11.8 Å². The van der Waals surface area contributed by atoms with Gasteiger partial charge in [-0.3, -0.25) is 4.90 Å². The first kappa shape index (κ1) is 25.1. The van der Waals surface area contributed by atoms with Gasteiger partial charge in [0.15, 0.2) is 11.6 Å². The van der Waals surface area contributed by atoms with E-state index in [0.29, 0.717) is 49.7 Å². The first-order chi connectivity index (χ1) is 16.5. The number of hydrogen-bond donors (Lipinski definition) is 1. The molecule has 2 N–H and O–H groups in total. The molecule has 8 nitrogen and oxygen atoms in total. The summed E-state index contributed by atoms with van der Waals surface area (Å²) >= 11 is 0. The Hall–Kier alpha value is -2.96. The van der Waals surface area contributed by atoms with Gasteiger partial charge >= 0.3 is 6.61 Å². The van der Waals surface area contributed by atoms with Crippen molar-refractivity contribution < 1.29 is 26.7 Å². The summed E-state index contributed by atoms with van der Waals surface area (Å²) in [6.45, 7) is 1.83. The molecule has 192 valence electrons. The van der Waals surface area contributed by atoms with Crippen LogP contribution in [0.25, 0.3) is 11.3 Å². The predicted molar refractivity (Wildman–Crippen MR) is 122 cm³/mol. The molecule has 2 aliphatic heterocycles. The van der Waals surface area contributed by atoms with Gasteiger partial charge < -0.3 is 20.3 Å². The number of ether oxygens (including phenoxy) is 1. The van der Waals surface area contributed by atoms with Crippen LogP contribution in [0.5, 0.6) is 5.75 Å². The van der Waals surface area contributed by atoms with Gasteiger partial charge in [-0.25, -0.2) is 23.1 Å². The van der Waals surface area contributed by atoms with Crippen LogP contribution in [0.3, 0.4) is 0 Å². The van der Waals surface area contributed by atoms with Crippen LogP contribution in [0.2, 0.25) is 0 Å². The molecule has 2 aromatic rings. The van der Waals surface area contributed by atoms with Gasteiger partial charge in [0.2, 0.25) is 5.95 Å². The Morgan fingerprint density at radius 2 is 1.91 bits per heavy atom. The van der Waals surface area contributed by atoms with E-state index in [4.69, 9.17) is 5.73 Å². The summed E-state index contributed by atoms with van der Waals surface area (Å²) in [4.78, 5) is 18.5. The maximum atomic E-state index is 14.6. The van der Waals surface area contributed by atoms with Crippen molar-refractivity contribution >= 4 is 17.6 Å². The van der Waals surface area contributed by atoms with Crippen LogP contribution in [-0.4, -0.2) is 83.9 Å². The monoisotopic (exact) mass is 501 g/mol. The molecule has 0 amide bonds. The number of halogens is 5. The number of nitrogens with two attached hydrogens (primary N) is 1. The predicted octanol–water partition coefficient (Wildman–Crippen LogP) is 3.44. The molecule has 1 unspecified atom stereocenters. The van der Waals surface area contributed by atoms with Gasteiger partial charge in [-0.05, 0) is 19.9 Å². The summed E-state index contributed by atoms with van der Waals surface area (Å²) in [7, 11) is 0. The molecule has 35 heavy (non-hydrogen) atoms. The van der Waals surface area contributed by atoms with Crippen LogP contribution in [0.4, 0.5) is 39.5 Å². The topological polar surface area (TPSA) is 83.6 Å². The third-order valence-electron chi connectivity index (χ3n) is 6.26. The van der Waals surface area contributed by atoms with Crippen molar-refractivity contribution in [2.24, 2.45) is 0 Å². The first-order valence-electron chi connectivity index (χ1n) is 11.3. The minimum Gasteiger partial charge on any atom is -0.431 e. The SMILES string of the molecule is C[C@H]1CN(c2cc(-c3cnc(N)c(OC(F)F)c3)nc(N3CCC(C)(F)C3)n2)CCN1CC(F)F. The highest BCUT2D eigenvalue weighted by molar-refractivity contribution is 5.68. The van der Waals surface area contributed by atoms with E-state index in [0.717, 1.165) is 0 Å². The van der Waals surface area contributed by atoms with Gasteiger partial charge in [0.05, 0.1) is 18.8 Å². The number of hydrogen-bond acceptors (Lipinski definition) is 8. The standard InChI is InChI=1S/C22H28F5N7O/c1-13-10-33(6-5-32(13)11-17(23)24)18-8-15(14-7-16(35-20(25)26)19(28)29-9-14)30-21(31-18)34-4-3-22(2,27)12-34/h7-9,13,17,20H,3-6,10-12H2,1-2H3,(H2,28,29)/t13-,22?/m0/s1. The number of rotatable bonds is 7. The number of nitrogen functional groups attached to an aromatic ring is 1. The van der Waals surface area contributed by atoms with Crippen molar-refractivity contribution in [2.75, 3.05) is 54.8 Å². The number of nitrogens with zero attached hydrogens (tertiary/aromatic N) is 6. The molecule has 4 rings (SSSR count). The van der Waals surface area contributed by atoms with E-state index in [9.17, 15) is 22.0 Å². The fourth-order valence-corrected chi connectivity index (χ4v) is 4.41. The van der Waals surface area contributed by atoms with Crippen molar-refractivity contribution in [3.8, 4) is 17.0 Å². The van der Waals surface area contributed by atoms with E-state index >= 15 is 0 Å². The number of anilines is 3. The summed E-state index contributed by atoms with van der Waals surface area (Å²) in [5, 5.41) is 0. The second kappa shape index (κ2) is 9.96. The molecule has 0 bridgehead atoms. The maximum Gasteiger partial charge on any atom is 0.387 e. The Morgan fingerprint density at radius 3 is 2.54 bits per heavy atom. The third-order valence-corrected chi connectivity index (χ3v) is 6.26. The van der Waals surface area contributed by atoms with Crippen LogP contribution in [-0.2, 0) is 0 Å². The van der Waals surface area contributed by atoms with E-state index < -0.39 is 18.7 Å². The fraction of sp³-hybridized carbons (Fsp3) is 0.591. The molecule has 0 radical (unpaired) electrons. The zero-order valence-corrected chi connectivity index (χ0v) is 19.5. The second-order valence-electron chi connectivity index (χ2n) is 9.16. The maximum absolute atomic E-state index is 14.6. The van der Waals surface area contributed by atoms with E-state index in [2.05, 4.69) is 19.7 Å². The van der Waals surface area contributed by atoms with Gasteiger partial charge in [0, 0.05) is 56.5 Å². The minimum absolute atomic E-state index is 0.105. The van der Waals surface area contributed by atoms with Gasteiger partial charge in [-0.2, -0.15) is 13.8 Å². The Kier molecular flexibility index (Phi) is 7.15. The highest BCUT2D eigenvalue weighted by atomic mass is 19.3. The fourth-order valence-electron chi connectivity index (χ4n) is 4.41. The molecular weight excluding hydrogens is 473 g/mol. The van der Waals surface area contributed by atoms with Gasteiger partial charge in [-0.15, -0.1) is 0 Å². The lowest BCUT2D eigenvalue weighted by Crippen LogP contribution is -2.53. The summed E-state index contributed by atoms with van der Waals surface area (Å²) < 4.78 is 70.4. The summed E-state index contributed by atoms with van der Waals surface area (Å²) in [6.07, 6.45) is -0.723. The Bertz CT molecular complexity index is 1040. The molecule has 2 fully saturated rings. The third kappa shape index (κ3) is 6.00. The van der Waals surface area contributed by atoms with Crippen LogP contribution in [0.1, 0.15) is 20.3 Å². The largest absolute Gasteiger partial charge is 0.431 e. The van der Waals surface area contributed by atoms with Crippen molar-refractivity contribution in [2.45, 2.75) is 45.0 Å². The van der Waals surface area contributed by atoms with Gasteiger partial charge in [0.1, 0.15) is 11.5 Å². The average molecular weight is 502 g/mol. The molecule has 0 saturated carbocycles. The molecule has 0 aromatic carbocycles. The van der Waals surface area contributed by atoms with Crippen molar-refractivity contribution in [3.05, 3.63) is 18.3 Å². The molecule has 2 atom stereocenters. The molecule has 4 heterocycles. The first-order valence-corrected chi connectivity index (χ1v) is 11.3. The quantitative estimate of drug-likeness (QED) is 0.578. The number of alkyl halides is 5. The van der Waals surface area contributed by atoms with Crippen LogP contribution < -0.4 is 20.3 Å². The van der Waals surface area contributed by atoms with Crippen LogP contribution >= 0.6 is 0 Å². The molecule has 2 aliphatic rings. The summed E-state index contributed by atoms with van der Waals surface area (Å²) in [6, 6.07) is 2.84. The summed E-state index contributed by atoms with van der Waals surface area (Å²) in [5.41, 5.74) is 5.01. The number of pyridine rings is 1. The molecule has 2 aromatic heterocycles. The van der Waals surface area contributed by atoms with Crippen molar-refractivity contribution in [1.29, 1.82) is 0 Å². The van der Waals surface area contributed by atoms with Gasteiger partial charge in [0.25, 0.3) is 6.43 Å². The number of piperazine rings is 1. The van der Waals surface area contributed by atoms with Gasteiger partial charge in [-0.1, -0.05) is 0 Å². The molecule has 0 spiro atoms. The lowest BCUT2D eigenvalue weighted by Gasteiger charge is -2.40. The molecule has 13 heteroatoms.